The van der Waals surface area contributed by atoms with Crippen molar-refractivity contribution in [3.8, 4) is 0 Å². The maximum Gasteiger partial charge on any atom is 0.272 e. The van der Waals surface area contributed by atoms with Crippen LogP contribution in [0.1, 0.15) is 29.0 Å². The fourth-order valence-electron chi connectivity index (χ4n) is 1.78. The zero-order valence-corrected chi connectivity index (χ0v) is 8.70. The van der Waals surface area contributed by atoms with Crippen LogP contribution < -0.4 is 5.32 Å². The van der Waals surface area contributed by atoms with Gasteiger partial charge >= 0.3 is 0 Å². The van der Waals surface area contributed by atoms with Crippen molar-refractivity contribution in [3.63, 3.8) is 0 Å². The molecule has 0 atom stereocenters. The number of nitrogens with one attached hydrogen (secondary N) is 1. The summed E-state index contributed by atoms with van der Waals surface area (Å²) in [7, 11) is 0. The summed E-state index contributed by atoms with van der Waals surface area (Å²) in [6, 6.07) is 1.89. The third-order valence-electron chi connectivity index (χ3n) is 2.56. The first-order valence-electron chi connectivity index (χ1n) is 5.27. The van der Waals surface area contributed by atoms with E-state index >= 15 is 0 Å². The molecule has 4 nitrogen and oxygen atoms in total. The Balaban J connectivity index is 2.11. The number of hydrogen-bond donors (Lipinski definition) is 1. The lowest BCUT2D eigenvalue weighted by molar-refractivity contribution is 0.0952. The summed E-state index contributed by atoms with van der Waals surface area (Å²) in [6.07, 6.45) is 5.04. The summed E-state index contributed by atoms with van der Waals surface area (Å²) in [5.74, 6) is -0.114. The van der Waals surface area contributed by atoms with E-state index in [1.54, 1.807) is 6.08 Å². The van der Waals surface area contributed by atoms with E-state index in [0.29, 0.717) is 12.2 Å². The van der Waals surface area contributed by atoms with E-state index in [9.17, 15) is 4.79 Å². The molecule has 0 aliphatic carbocycles. The van der Waals surface area contributed by atoms with E-state index in [-0.39, 0.29) is 5.91 Å². The second kappa shape index (κ2) is 4.29. The van der Waals surface area contributed by atoms with Crippen molar-refractivity contribution in [2.45, 2.75) is 25.8 Å². The fraction of sp³-hybridized carbons (Fsp3) is 0.455. The van der Waals surface area contributed by atoms with Gasteiger partial charge in [0, 0.05) is 18.8 Å². The molecule has 4 heteroatoms. The molecule has 1 aliphatic heterocycles. The highest BCUT2D eigenvalue weighted by molar-refractivity contribution is 5.92. The van der Waals surface area contributed by atoms with Crippen molar-refractivity contribution in [2.24, 2.45) is 0 Å². The molecule has 0 spiro atoms. The molecule has 0 unspecified atom stereocenters. The second-order valence-electron chi connectivity index (χ2n) is 3.70. The Hall–Kier alpha value is -1.58. The molecule has 1 aliphatic rings. The summed E-state index contributed by atoms with van der Waals surface area (Å²) in [4.78, 5) is 11.6. The number of carbonyl (C=O) groups excluding carboxylic acids is 1. The molecule has 2 rings (SSSR count). The number of carbonyl (C=O) groups is 1. The Morgan fingerprint density at radius 3 is 3.27 bits per heavy atom. The topological polar surface area (TPSA) is 46.9 Å². The molecular formula is C11H15N3O. The molecule has 0 saturated carbocycles. The van der Waals surface area contributed by atoms with E-state index < -0.39 is 0 Å². The average molecular weight is 205 g/mol. The van der Waals surface area contributed by atoms with Gasteiger partial charge in [0.1, 0.15) is 5.69 Å². The Kier molecular flexibility index (Phi) is 2.85. The molecule has 1 N–H and O–H groups in total. The number of fused-ring (bicyclic) bond motifs is 1. The molecule has 80 valence electrons. The zero-order chi connectivity index (χ0) is 10.7. The molecular weight excluding hydrogens is 190 g/mol. The first kappa shape index (κ1) is 9.96. The quantitative estimate of drug-likeness (QED) is 0.752. The zero-order valence-electron chi connectivity index (χ0n) is 8.70. The van der Waals surface area contributed by atoms with E-state index in [2.05, 4.69) is 17.0 Å². The van der Waals surface area contributed by atoms with Gasteiger partial charge in [0.15, 0.2) is 0 Å². The van der Waals surface area contributed by atoms with Crippen LogP contribution in [0.2, 0.25) is 0 Å². The third-order valence-corrected chi connectivity index (χ3v) is 2.56. The van der Waals surface area contributed by atoms with Crippen LogP contribution in [0.3, 0.4) is 0 Å². The second-order valence-corrected chi connectivity index (χ2v) is 3.70. The lowest BCUT2D eigenvalue weighted by Crippen LogP contribution is -2.23. The lowest BCUT2D eigenvalue weighted by Gasteiger charge is -2.11. The summed E-state index contributed by atoms with van der Waals surface area (Å²) >= 11 is 0. The van der Waals surface area contributed by atoms with Crippen molar-refractivity contribution < 1.29 is 4.79 Å². The Labute approximate surface area is 89.0 Å². The average Bonchev–Trinajstić information content (AvgIpc) is 2.69. The van der Waals surface area contributed by atoms with Crippen molar-refractivity contribution in [1.82, 2.24) is 15.1 Å². The molecule has 0 radical (unpaired) electrons. The summed E-state index contributed by atoms with van der Waals surface area (Å²) in [5, 5.41) is 7.00. The van der Waals surface area contributed by atoms with Crippen molar-refractivity contribution in [1.29, 1.82) is 0 Å². The van der Waals surface area contributed by atoms with Gasteiger partial charge in [-0.15, -0.1) is 6.58 Å². The Bertz CT molecular complexity index is 358. The molecule has 2 heterocycles. The van der Waals surface area contributed by atoms with Crippen LogP contribution in [-0.2, 0) is 13.0 Å². The van der Waals surface area contributed by atoms with Crippen LogP contribution >= 0.6 is 0 Å². The Morgan fingerprint density at radius 1 is 1.67 bits per heavy atom. The van der Waals surface area contributed by atoms with Crippen LogP contribution in [0.15, 0.2) is 18.7 Å². The number of amides is 1. The monoisotopic (exact) mass is 205 g/mol. The minimum Gasteiger partial charge on any atom is -0.347 e. The fourth-order valence-corrected chi connectivity index (χ4v) is 1.78. The standard InChI is InChI=1S/C11H15N3O/c1-2-6-12-11(15)10-8-9-5-3-4-7-14(9)13-10/h2,8H,1,3-7H2,(H,12,15). The maximum absolute atomic E-state index is 11.6. The molecule has 0 aromatic carbocycles. The highest BCUT2D eigenvalue weighted by Gasteiger charge is 2.15. The van der Waals surface area contributed by atoms with Crippen molar-refractivity contribution >= 4 is 5.91 Å². The summed E-state index contributed by atoms with van der Waals surface area (Å²) in [6.45, 7) is 4.97. The predicted molar refractivity (Wildman–Crippen MR) is 57.7 cm³/mol. The van der Waals surface area contributed by atoms with E-state index in [1.807, 2.05) is 10.7 Å². The summed E-state index contributed by atoms with van der Waals surface area (Å²) in [5.41, 5.74) is 1.69. The smallest absolute Gasteiger partial charge is 0.272 e. The number of hydrogen-bond acceptors (Lipinski definition) is 2. The predicted octanol–water partition coefficient (Wildman–Crippen LogP) is 1.14. The highest BCUT2D eigenvalue weighted by atomic mass is 16.1. The number of aromatic nitrogens is 2. The maximum atomic E-state index is 11.6. The number of nitrogens with zero attached hydrogens (tertiary/aromatic N) is 2. The van der Waals surface area contributed by atoms with E-state index in [4.69, 9.17) is 0 Å². The first-order valence-corrected chi connectivity index (χ1v) is 5.27. The van der Waals surface area contributed by atoms with E-state index in [0.717, 1.165) is 19.4 Å². The van der Waals surface area contributed by atoms with Crippen LogP contribution in [-0.4, -0.2) is 22.2 Å². The minimum atomic E-state index is -0.114. The first-order chi connectivity index (χ1) is 7.31. The lowest BCUT2D eigenvalue weighted by atomic mass is 10.1. The van der Waals surface area contributed by atoms with Gasteiger partial charge in [-0.05, 0) is 25.3 Å². The molecule has 1 aromatic heterocycles. The highest BCUT2D eigenvalue weighted by Crippen LogP contribution is 2.14. The molecule has 1 amide bonds. The normalized spacial score (nSPS) is 14.4. The van der Waals surface area contributed by atoms with Crippen LogP contribution in [0, 0.1) is 0 Å². The third kappa shape index (κ3) is 2.09. The minimum absolute atomic E-state index is 0.114. The Morgan fingerprint density at radius 2 is 2.53 bits per heavy atom. The largest absolute Gasteiger partial charge is 0.347 e. The van der Waals surface area contributed by atoms with Crippen LogP contribution in [0.25, 0.3) is 0 Å². The van der Waals surface area contributed by atoms with E-state index in [1.165, 1.54) is 12.1 Å². The molecule has 1 aromatic rings. The van der Waals surface area contributed by atoms with Gasteiger partial charge in [-0.25, -0.2) is 0 Å². The molecule has 0 fully saturated rings. The van der Waals surface area contributed by atoms with Gasteiger partial charge < -0.3 is 5.32 Å². The van der Waals surface area contributed by atoms with Crippen LogP contribution in [0.4, 0.5) is 0 Å². The van der Waals surface area contributed by atoms with Gasteiger partial charge in [0.2, 0.25) is 0 Å². The molecule has 0 bridgehead atoms. The van der Waals surface area contributed by atoms with Gasteiger partial charge in [-0.3, -0.25) is 9.48 Å². The van der Waals surface area contributed by atoms with Gasteiger partial charge in [-0.1, -0.05) is 6.08 Å². The van der Waals surface area contributed by atoms with Gasteiger partial charge in [-0.2, -0.15) is 5.10 Å². The van der Waals surface area contributed by atoms with Crippen molar-refractivity contribution in [3.05, 3.63) is 30.1 Å². The van der Waals surface area contributed by atoms with Crippen LogP contribution in [0.5, 0.6) is 0 Å². The number of rotatable bonds is 3. The van der Waals surface area contributed by atoms with Crippen molar-refractivity contribution in [2.75, 3.05) is 6.54 Å². The molecule has 0 saturated heterocycles. The van der Waals surface area contributed by atoms with Gasteiger partial charge in [0.25, 0.3) is 5.91 Å². The summed E-state index contributed by atoms with van der Waals surface area (Å²) < 4.78 is 1.94. The SMILES string of the molecule is C=CCNC(=O)c1cc2n(n1)CCCC2. The number of aryl methyl sites for hydroxylation is 2. The molecule has 15 heavy (non-hydrogen) atoms. The van der Waals surface area contributed by atoms with Gasteiger partial charge in [0.05, 0.1) is 0 Å².